The fourth-order valence-electron chi connectivity index (χ4n) is 3.95. The van der Waals surface area contributed by atoms with Crippen molar-refractivity contribution in [2.75, 3.05) is 25.0 Å². The molecule has 8 heteroatoms. The molecule has 1 aromatic carbocycles. The molecule has 0 bridgehead atoms. The number of hydrogen-bond donors (Lipinski definition) is 1. The lowest BCUT2D eigenvalue weighted by atomic mass is 9.95. The van der Waals surface area contributed by atoms with Gasteiger partial charge in [-0.25, -0.2) is 4.79 Å². The van der Waals surface area contributed by atoms with Crippen molar-refractivity contribution in [2.45, 2.75) is 26.7 Å². The lowest BCUT2D eigenvalue weighted by Crippen LogP contribution is -2.43. The molecule has 1 aliphatic rings. The second-order valence-corrected chi connectivity index (χ2v) is 9.34. The van der Waals surface area contributed by atoms with Crippen LogP contribution >= 0.6 is 11.3 Å². The smallest absolute Gasteiger partial charge is 0.341 e. The summed E-state index contributed by atoms with van der Waals surface area (Å²) in [5, 5.41) is 3.71. The van der Waals surface area contributed by atoms with Crippen molar-refractivity contribution in [1.82, 2.24) is 9.47 Å². The minimum Gasteiger partial charge on any atom is -0.452 e. The molecule has 172 valence electrons. The third-order valence-corrected chi connectivity index (χ3v) is 7.22. The van der Waals surface area contributed by atoms with Gasteiger partial charge in [-0.2, -0.15) is 0 Å². The van der Waals surface area contributed by atoms with Gasteiger partial charge >= 0.3 is 5.97 Å². The number of anilines is 1. The second-order valence-electron chi connectivity index (χ2n) is 8.14. The highest BCUT2D eigenvalue weighted by Gasteiger charge is 2.29. The average Bonchev–Trinajstić information content (AvgIpc) is 3.46. The van der Waals surface area contributed by atoms with Gasteiger partial charge in [-0.05, 0) is 56.5 Å². The number of esters is 1. The summed E-state index contributed by atoms with van der Waals surface area (Å²) in [6.07, 6.45) is 4.92. The van der Waals surface area contributed by atoms with E-state index in [-0.39, 0.29) is 24.3 Å². The number of thiophene rings is 1. The molecule has 0 atom stereocenters. The standard InChI is InChI=1S/C25H27N3O4S/c1-17-18(2)33-24(28-12-6-7-13-28)22(17)25(31)32-16-21(29)27-14-10-19(11-15-27)23(30)26-20-8-4-3-5-9-20/h3-9,12-13,19H,10-11,14-16H2,1-2H3,(H,26,30). The van der Waals surface area contributed by atoms with E-state index in [2.05, 4.69) is 5.32 Å². The number of nitrogens with zero attached hydrogens (tertiary/aromatic N) is 2. The number of aryl methyl sites for hydroxylation is 1. The third-order valence-electron chi connectivity index (χ3n) is 6.00. The van der Waals surface area contributed by atoms with Gasteiger partial charge in [0.2, 0.25) is 5.91 Å². The number of likely N-dealkylation sites (tertiary alicyclic amines) is 1. The van der Waals surface area contributed by atoms with Gasteiger partial charge < -0.3 is 19.5 Å². The Balaban J connectivity index is 1.30. The molecule has 3 aromatic rings. The minimum absolute atomic E-state index is 0.0272. The lowest BCUT2D eigenvalue weighted by Gasteiger charge is -2.31. The summed E-state index contributed by atoms with van der Waals surface area (Å²) in [6, 6.07) is 13.1. The highest BCUT2D eigenvalue weighted by atomic mass is 32.1. The summed E-state index contributed by atoms with van der Waals surface area (Å²) in [4.78, 5) is 40.7. The van der Waals surface area contributed by atoms with E-state index >= 15 is 0 Å². The van der Waals surface area contributed by atoms with Crippen molar-refractivity contribution in [1.29, 1.82) is 0 Å². The summed E-state index contributed by atoms with van der Waals surface area (Å²) >= 11 is 1.52. The molecule has 4 rings (SSSR count). The van der Waals surface area contributed by atoms with Gasteiger partial charge in [0.25, 0.3) is 5.91 Å². The van der Waals surface area contributed by atoms with Gasteiger partial charge in [0.1, 0.15) is 5.00 Å². The Bertz CT molecular complexity index is 1130. The third kappa shape index (κ3) is 5.17. The maximum atomic E-state index is 12.8. The lowest BCUT2D eigenvalue weighted by molar-refractivity contribution is -0.137. The van der Waals surface area contributed by atoms with Crippen LogP contribution in [-0.2, 0) is 14.3 Å². The number of nitrogens with one attached hydrogen (secondary N) is 1. The number of carbonyl (C=O) groups excluding carboxylic acids is 3. The predicted molar refractivity (Wildman–Crippen MR) is 128 cm³/mol. The van der Waals surface area contributed by atoms with Crippen LogP contribution in [0.25, 0.3) is 5.00 Å². The van der Waals surface area contributed by atoms with E-state index in [1.165, 1.54) is 11.3 Å². The number of piperidine rings is 1. The molecular formula is C25H27N3O4S. The van der Waals surface area contributed by atoms with Crippen LogP contribution < -0.4 is 5.32 Å². The van der Waals surface area contributed by atoms with Gasteiger partial charge in [-0.1, -0.05) is 18.2 Å². The van der Waals surface area contributed by atoms with E-state index in [4.69, 9.17) is 4.74 Å². The Morgan fingerprint density at radius 1 is 1.03 bits per heavy atom. The van der Waals surface area contributed by atoms with Crippen molar-refractivity contribution in [3.63, 3.8) is 0 Å². The molecule has 1 fully saturated rings. The first-order valence-corrected chi connectivity index (χ1v) is 11.8. The molecule has 0 aliphatic carbocycles. The molecule has 0 spiro atoms. The number of ether oxygens (including phenoxy) is 1. The Labute approximate surface area is 197 Å². The number of rotatable bonds is 6. The minimum atomic E-state index is -0.494. The number of para-hydroxylation sites is 1. The molecule has 1 N–H and O–H groups in total. The quantitative estimate of drug-likeness (QED) is 0.554. The predicted octanol–water partition coefficient (Wildman–Crippen LogP) is 4.19. The van der Waals surface area contributed by atoms with Crippen molar-refractivity contribution < 1.29 is 19.1 Å². The van der Waals surface area contributed by atoms with Crippen molar-refractivity contribution in [3.05, 3.63) is 70.9 Å². The molecule has 3 heterocycles. The van der Waals surface area contributed by atoms with E-state index < -0.39 is 5.97 Å². The fourth-order valence-corrected chi connectivity index (χ4v) is 5.06. The normalized spacial score (nSPS) is 14.2. The van der Waals surface area contributed by atoms with E-state index in [0.29, 0.717) is 31.5 Å². The summed E-state index contributed by atoms with van der Waals surface area (Å²) in [6.45, 7) is 4.48. The number of amides is 2. The molecule has 0 unspecified atom stereocenters. The van der Waals surface area contributed by atoms with Gasteiger partial charge in [0.15, 0.2) is 6.61 Å². The maximum absolute atomic E-state index is 12.8. The zero-order valence-electron chi connectivity index (χ0n) is 18.7. The van der Waals surface area contributed by atoms with Crippen LogP contribution in [0.5, 0.6) is 0 Å². The molecular weight excluding hydrogens is 438 g/mol. The van der Waals surface area contributed by atoms with E-state index in [0.717, 1.165) is 21.1 Å². The van der Waals surface area contributed by atoms with Crippen LogP contribution in [0, 0.1) is 19.8 Å². The summed E-state index contributed by atoms with van der Waals surface area (Å²) < 4.78 is 7.30. The SMILES string of the molecule is Cc1sc(-n2cccc2)c(C(=O)OCC(=O)N2CCC(C(=O)Nc3ccccc3)CC2)c1C. The first kappa shape index (κ1) is 22.8. The molecule has 2 amide bonds. The Morgan fingerprint density at radius 3 is 2.36 bits per heavy atom. The molecule has 1 aliphatic heterocycles. The average molecular weight is 466 g/mol. The summed E-state index contributed by atoms with van der Waals surface area (Å²) in [5.41, 5.74) is 2.13. The number of carbonyl (C=O) groups is 3. The Kier molecular flexibility index (Phi) is 6.93. The van der Waals surface area contributed by atoms with E-state index in [1.54, 1.807) is 4.90 Å². The van der Waals surface area contributed by atoms with Crippen LogP contribution in [0.1, 0.15) is 33.6 Å². The number of benzene rings is 1. The zero-order valence-corrected chi connectivity index (χ0v) is 19.6. The van der Waals surface area contributed by atoms with Crippen LogP contribution in [0.2, 0.25) is 0 Å². The molecule has 7 nitrogen and oxygen atoms in total. The molecule has 33 heavy (non-hydrogen) atoms. The Morgan fingerprint density at radius 2 is 1.70 bits per heavy atom. The van der Waals surface area contributed by atoms with Crippen LogP contribution in [0.4, 0.5) is 5.69 Å². The van der Waals surface area contributed by atoms with Crippen molar-refractivity contribution >= 4 is 34.8 Å². The monoisotopic (exact) mass is 465 g/mol. The maximum Gasteiger partial charge on any atom is 0.341 e. The first-order chi connectivity index (χ1) is 15.9. The van der Waals surface area contributed by atoms with Crippen molar-refractivity contribution in [3.8, 4) is 5.00 Å². The highest BCUT2D eigenvalue weighted by Crippen LogP contribution is 2.31. The van der Waals surface area contributed by atoms with Gasteiger partial charge in [0.05, 0.1) is 5.56 Å². The highest BCUT2D eigenvalue weighted by molar-refractivity contribution is 7.15. The van der Waals surface area contributed by atoms with Crippen LogP contribution in [-0.4, -0.2) is 46.9 Å². The van der Waals surface area contributed by atoms with E-state index in [1.807, 2.05) is 73.3 Å². The molecule has 1 saturated heterocycles. The van der Waals surface area contributed by atoms with Gasteiger partial charge in [-0.15, -0.1) is 11.3 Å². The number of aromatic nitrogens is 1. The molecule has 0 radical (unpaired) electrons. The second kappa shape index (κ2) is 10.0. The van der Waals surface area contributed by atoms with Gasteiger partial charge in [0, 0.05) is 42.0 Å². The largest absolute Gasteiger partial charge is 0.452 e. The van der Waals surface area contributed by atoms with Gasteiger partial charge in [-0.3, -0.25) is 9.59 Å². The summed E-state index contributed by atoms with van der Waals surface area (Å²) in [7, 11) is 0. The first-order valence-electron chi connectivity index (χ1n) is 11.0. The fraction of sp³-hybridized carbons (Fsp3) is 0.320. The van der Waals surface area contributed by atoms with Crippen molar-refractivity contribution in [2.24, 2.45) is 5.92 Å². The molecule has 0 saturated carbocycles. The zero-order chi connectivity index (χ0) is 23.4. The summed E-state index contributed by atoms with van der Waals surface area (Å²) in [5.74, 6) is -0.902. The van der Waals surface area contributed by atoms with E-state index in [9.17, 15) is 14.4 Å². The molecule has 2 aromatic heterocycles. The number of hydrogen-bond acceptors (Lipinski definition) is 5. The van der Waals surface area contributed by atoms with Crippen LogP contribution in [0.15, 0.2) is 54.9 Å². The Hall–Kier alpha value is -3.39. The topological polar surface area (TPSA) is 80.6 Å². The van der Waals surface area contributed by atoms with Crippen LogP contribution in [0.3, 0.4) is 0 Å².